The number of halogens is 1. The van der Waals surface area contributed by atoms with Crippen LogP contribution in [-0.2, 0) is 16.4 Å². The average molecular weight is 514 g/mol. The molecule has 0 spiro atoms. The van der Waals surface area contributed by atoms with Gasteiger partial charge in [0, 0.05) is 42.3 Å². The summed E-state index contributed by atoms with van der Waals surface area (Å²) in [7, 11) is -1.23. The van der Waals surface area contributed by atoms with Gasteiger partial charge in [-0.2, -0.15) is 4.31 Å². The van der Waals surface area contributed by atoms with Gasteiger partial charge in [-0.15, -0.1) is 11.3 Å². The Morgan fingerprint density at radius 3 is 2.53 bits per heavy atom. The fraction of sp³-hybridized carbons (Fsp3) is 0.250. The molecule has 0 fully saturated rings. The topological polar surface area (TPSA) is 70.8 Å². The first-order chi connectivity index (χ1) is 16.2. The number of aromatic nitrogens is 3. The van der Waals surface area contributed by atoms with E-state index in [1.807, 2.05) is 61.1 Å². The Hall–Kier alpha value is -2.72. The Balaban J connectivity index is 1.51. The largest absolute Gasteiger partial charge is 0.305 e. The van der Waals surface area contributed by atoms with Crippen molar-refractivity contribution >= 4 is 55.1 Å². The number of fused-ring (bicyclic) bond motifs is 1. The van der Waals surface area contributed by atoms with E-state index >= 15 is 0 Å². The molecule has 4 aromatic rings. The summed E-state index contributed by atoms with van der Waals surface area (Å²) in [6, 6.07) is 11.7. The quantitative estimate of drug-likeness (QED) is 0.358. The van der Waals surface area contributed by atoms with Gasteiger partial charge in [0.1, 0.15) is 11.5 Å². The Morgan fingerprint density at radius 2 is 1.85 bits per heavy atom. The normalized spacial score (nSPS) is 14.6. The van der Waals surface area contributed by atoms with Gasteiger partial charge < -0.3 is 4.90 Å². The van der Waals surface area contributed by atoms with Gasteiger partial charge in [0.2, 0.25) is 10.0 Å². The van der Waals surface area contributed by atoms with Crippen LogP contribution in [0.5, 0.6) is 0 Å². The molecule has 176 valence electrons. The van der Waals surface area contributed by atoms with Crippen molar-refractivity contribution in [2.75, 3.05) is 31.3 Å². The second-order valence-electron chi connectivity index (χ2n) is 8.25. The predicted octanol–water partition coefficient (Wildman–Crippen LogP) is 5.10. The first-order valence-electron chi connectivity index (χ1n) is 10.9. The van der Waals surface area contributed by atoms with Crippen molar-refractivity contribution in [3.8, 4) is 11.3 Å². The third-order valence-corrected chi connectivity index (χ3v) is 8.35. The van der Waals surface area contributed by atoms with Crippen LogP contribution in [0.15, 0.2) is 54.1 Å². The highest BCUT2D eigenvalue weighted by Crippen LogP contribution is 2.34. The highest BCUT2D eigenvalue weighted by atomic mass is 35.5. The van der Waals surface area contributed by atoms with E-state index in [1.165, 1.54) is 10.6 Å². The number of pyridine rings is 1. The number of nitrogens with zero attached hydrogens (tertiary/aromatic N) is 5. The molecule has 3 aromatic heterocycles. The third-order valence-electron chi connectivity index (χ3n) is 5.96. The van der Waals surface area contributed by atoms with E-state index in [-0.39, 0.29) is 0 Å². The monoisotopic (exact) mass is 513 g/mol. The molecule has 1 aliphatic heterocycles. The van der Waals surface area contributed by atoms with Gasteiger partial charge >= 0.3 is 0 Å². The van der Waals surface area contributed by atoms with Crippen LogP contribution in [-0.4, -0.2) is 53.5 Å². The molecule has 0 atom stereocenters. The summed E-state index contributed by atoms with van der Waals surface area (Å²) in [5.41, 5.74) is 5.70. The van der Waals surface area contributed by atoms with E-state index in [9.17, 15) is 8.42 Å². The second kappa shape index (κ2) is 8.81. The van der Waals surface area contributed by atoms with E-state index in [1.54, 1.807) is 11.3 Å². The van der Waals surface area contributed by atoms with Gasteiger partial charge in [0.15, 0.2) is 5.13 Å². The Morgan fingerprint density at radius 1 is 1.12 bits per heavy atom. The number of hydrogen-bond acceptors (Lipinski definition) is 6. The minimum Gasteiger partial charge on any atom is -0.305 e. The molecule has 0 saturated heterocycles. The molecule has 0 N–H and O–H groups in total. The van der Waals surface area contributed by atoms with Crippen molar-refractivity contribution in [2.24, 2.45) is 0 Å². The highest BCUT2D eigenvalue weighted by molar-refractivity contribution is 7.88. The lowest BCUT2D eigenvalue weighted by atomic mass is 10.1. The number of benzene rings is 1. The summed E-state index contributed by atoms with van der Waals surface area (Å²) < 4.78 is 27.4. The predicted molar refractivity (Wildman–Crippen MR) is 140 cm³/mol. The van der Waals surface area contributed by atoms with E-state index < -0.39 is 10.0 Å². The van der Waals surface area contributed by atoms with Crippen LogP contribution < -0.4 is 4.90 Å². The number of anilines is 2. The molecule has 7 nitrogen and oxygen atoms in total. The van der Waals surface area contributed by atoms with Crippen molar-refractivity contribution < 1.29 is 8.42 Å². The Labute approximate surface area is 208 Å². The van der Waals surface area contributed by atoms with Gasteiger partial charge in [-0.1, -0.05) is 36.7 Å². The molecule has 5 rings (SSSR count). The molecule has 0 saturated carbocycles. The minimum absolute atomic E-state index is 0.377. The summed E-state index contributed by atoms with van der Waals surface area (Å²) in [5, 5.41) is 3.59. The van der Waals surface area contributed by atoms with Crippen molar-refractivity contribution in [3.05, 3.63) is 70.3 Å². The van der Waals surface area contributed by atoms with Gasteiger partial charge in [-0.3, -0.25) is 4.40 Å². The van der Waals surface area contributed by atoms with Crippen molar-refractivity contribution in [3.63, 3.8) is 0 Å². The molecule has 0 unspecified atom stereocenters. The molecule has 0 radical (unpaired) electrons. The summed E-state index contributed by atoms with van der Waals surface area (Å²) >= 11 is 7.60. The smallest absolute Gasteiger partial charge is 0.211 e. The van der Waals surface area contributed by atoms with Crippen molar-refractivity contribution in [2.45, 2.75) is 13.3 Å². The zero-order valence-electron chi connectivity index (χ0n) is 19.1. The molecule has 0 bridgehead atoms. The molecule has 10 heteroatoms. The van der Waals surface area contributed by atoms with Crippen LogP contribution in [0.25, 0.3) is 22.5 Å². The van der Waals surface area contributed by atoms with Crippen molar-refractivity contribution in [1.82, 2.24) is 18.7 Å². The zero-order valence-corrected chi connectivity index (χ0v) is 21.5. The van der Waals surface area contributed by atoms with Gasteiger partial charge in [-0.05, 0) is 41.8 Å². The lowest BCUT2D eigenvalue weighted by molar-refractivity contribution is 0.496. The molecule has 0 aliphatic carbocycles. The van der Waals surface area contributed by atoms with Gasteiger partial charge in [0.25, 0.3) is 0 Å². The Bertz CT molecular complexity index is 1510. The number of rotatable bonds is 6. The maximum absolute atomic E-state index is 11.9. The SMILES string of the molecule is CCc1nc2ccc(C3=CCN(S(C)(=O)=O)C3)cn2c1N(C)c1nc(-c2ccc(Cl)cc2)cs1. The van der Waals surface area contributed by atoms with E-state index in [0.29, 0.717) is 18.1 Å². The maximum atomic E-state index is 11.9. The lowest BCUT2D eigenvalue weighted by Gasteiger charge is -2.18. The van der Waals surface area contributed by atoms with Crippen LogP contribution in [0.3, 0.4) is 0 Å². The zero-order chi connectivity index (χ0) is 24.0. The number of aryl methyl sites for hydroxylation is 1. The first kappa shape index (κ1) is 23.0. The van der Waals surface area contributed by atoms with Crippen molar-refractivity contribution in [1.29, 1.82) is 0 Å². The molecule has 4 heterocycles. The fourth-order valence-electron chi connectivity index (χ4n) is 4.12. The minimum atomic E-state index is -3.23. The highest BCUT2D eigenvalue weighted by Gasteiger charge is 2.24. The molecule has 0 amide bonds. The molecule has 1 aromatic carbocycles. The lowest BCUT2D eigenvalue weighted by Crippen LogP contribution is -2.27. The number of hydrogen-bond donors (Lipinski definition) is 0. The number of sulfonamides is 1. The van der Waals surface area contributed by atoms with Crippen LogP contribution in [0.1, 0.15) is 18.2 Å². The van der Waals surface area contributed by atoms with Gasteiger partial charge in [0.05, 0.1) is 17.6 Å². The van der Waals surface area contributed by atoms with Gasteiger partial charge in [-0.25, -0.2) is 18.4 Å². The molecule has 1 aliphatic rings. The second-order valence-corrected chi connectivity index (χ2v) is 11.5. The van der Waals surface area contributed by atoms with Crippen LogP contribution in [0.2, 0.25) is 5.02 Å². The van der Waals surface area contributed by atoms with E-state index in [2.05, 4.69) is 16.2 Å². The maximum Gasteiger partial charge on any atom is 0.211 e. The molecule has 34 heavy (non-hydrogen) atoms. The average Bonchev–Trinajstić information content (AvgIpc) is 3.56. The molecular weight excluding hydrogens is 490 g/mol. The summed E-state index contributed by atoms with van der Waals surface area (Å²) in [6.07, 6.45) is 6.04. The van der Waals surface area contributed by atoms with Crippen LogP contribution in [0.4, 0.5) is 10.9 Å². The molecular formula is C24H24ClN5O2S2. The summed E-state index contributed by atoms with van der Waals surface area (Å²) in [6.45, 7) is 2.86. The number of thiazole rings is 1. The van der Waals surface area contributed by atoms with Crippen LogP contribution >= 0.6 is 22.9 Å². The summed E-state index contributed by atoms with van der Waals surface area (Å²) in [5.74, 6) is 0.954. The fourth-order valence-corrected chi connectivity index (χ4v) is 5.76. The summed E-state index contributed by atoms with van der Waals surface area (Å²) in [4.78, 5) is 11.8. The van der Waals surface area contributed by atoms with E-state index in [0.717, 1.165) is 51.1 Å². The standard InChI is InChI=1S/C24H24ClN5O2S2/c1-4-20-23(28(2)24-27-21(15-33-24)16-5-8-19(25)9-6-16)30-14-17(7-10-22(30)26-20)18-11-12-29(13-18)34(3,31)32/h5-11,14-15H,4,12-13H2,1-3H3. The number of imidazole rings is 1. The van der Waals surface area contributed by atoms with Crippen LogP contribution in [0, 0.1) is 0 Å². The third kappa shape index (κ3) is 4.24. The Kier molecular flexibility index (Phi) is 5.97. The van der Waals surface area contributed by atoms with E-state index in [4.69, 9.17) is 21.6 Å². The first-order valence-corrected chi connectivity index (χ1v) is 14.0.